The molecule has 1 aromatic rings. The zero-order chi connectivity index (χ0) is 14.3. The molecule has 0 spiro atoms. The number of hydrogen-bond acceptors (Lipinski definition) is 3. The Morgan fingerprint density at radius 1 is 1.16 bits per heavy atom. The molecule has 0 heterocycles. The third-order valence-electron chi connectivity index (χ3n) is 3.49. The molecule has 0 aliphatic carbocycles. The van der Waals surface area contributed by atoms with Gasteiger partial charge in [-0.05, 0) is 18.4 Å². The molecule has 19 heavy (non-hydrogen) atoms. The molecule has 0 saturated carbocycles. The van der Waals surface area contributed by atoms with E-state index in [-0.39, 0.29) is 0 Å². The Kier molecular flexibility index (Phi) is 6.89. The van der Waals surface area contributed by atoms with Crippen LogP contribution in [0.2, 0.25) is 0 Å². The van der Waals surface area contributed by atoms with E-state index in [4.69, 9.17) is 9.47 Å². The van der Waals surface area contributed by atoms with Crippen LogP contribution in [0.1, 0.15) is 38.8 Å². The van der Waals surface area contributed by atoms with E-state index in [1.54, 1.807) is 14.2 Å². The molecule has 1 rings (SSSR count). The summed E-state index contributed by atoms with van der Waals surface area (Å²) in [6.45, 7) is 7.34. The predicted molar refractivity (Wildman–Crippen MR) is 79.7 cm³/mol. The molecule has 2 atom stereocenters. The van der Waals surface area contributed by atoms with E-state index in [2.05, 4.69) is 38.2 Å². The van der Waals surface area contributed by atoms with Crippen LogP contribution in [0.25, 0.3) is 0 Å². The maximum absolute atomic E-state index is 5.46. The summed E-state index contributed by atoms with van der Waals surface area (Å²) in [6, 6.07) is 8.84. The minimum absolute atomic E-state index is 0.290. The first-order valence-electron chi connectivity index (χ1n) is 7.01. The summed E-state index contributed by atoms with van der Waals surface area (Å²) >= 11 is 0. The third kappa shape index (κ3) is 4.51. The number of nitrogens with one attached hydrogen (secondary N) is 1. The van der Waals surface area contributed by atoms with Crippen molar-refractivity contribution in [1.82, 2.24) is 5.32 Å². The van der Waals surface area contributed by atoms with Crippen LogP contribution in [0.4, 0.5) is 0 Å². The van der Waals surface area contributed by atoms with Crippen molar-refractivity contribution >= 4 is 0 Å². The van der Waals surface area contributed by atoms with Gasteiger partial charge in [-0.25, -0.2) is 0 Å². The van der Waals surface area contributed by atoms with Gasteiger partial charge in [-0.1, -0.05) is 39.0 Å². The van der Waals surface area contributed by atoms with Crippen LogP contribution in [0, 0.1) is 5.92 Å². The second-order valence-corrected chi connectivity index (χ2v) is 5.18. The van der Waals surface area contributed by atoms with Crippen molar-refractivity contribution in [2.75, 3.05) is 20.8 Å². The number of ether oxygens (including phenoxy) is 2. The average molecular weight is 265 g/mol. The number of methoxy groups -OCH3 is 2. The highest BCUT2D eigenvalue weighted by molar-refractivity contribution is 5.35. The van der Waals surface area contributed by atoms with Crippen molar-refractivity contribution in [3.05, 3.63) is 29.8 Å². The highest BCUT2D eigenvalue weighted by Gasteiger charge is 2.20. The van der Waals surface area contributed by atoms with Gasteiger partial charge in [0.1, 0.15) is 5.75 Å². The van der Waals surface area contributed by atoms with E-state index in [0.29, 0.717) is 18.0 Å². The highest BCUT2D eigenvalue weighted by atomic mass is 16.5. The van der Waals surface area contributed by atoms with Crippen LogP contribution in [-0.4, -0.2) is 26.9 Å². The molecule has 3 heteroatoms. The number of benzene rings is 1. The molecule has 0 aliphatic heterocycles. The lowest BCUT2D eigenvalue weighted by Crippen LogP contribution is -2.40. The van der Waals surface area contributed by atoms with Gasteiger partial charge in [0, 0.05) is 24.8 Å². The lowest BCUT2D eigenvalue weighted by molar-refractivity contribution is 0.139. The summed E-state index contributed by atoms with van der Waals surface area (Å²) in [7, 11) is 3.47. The van der Waals surface area contributed by atoms with Gasteiger partial charge < -0.3 is 14.8 Å². The molecule has 108 valence electrons. The number of rotatable bonds is 8. The Balaban J connectivity index is 2.87. The Labute approximate surface area is 117 Å². The van der Waals surface area contributed by atoms with Crippen molar-refractivity contribution in [2.45, 2.75) is 39.3 Å². The average Bonchev–Trinajstić information content (AvgIpc) is 2.43. The molecule has 0 aliphatic rings. The number of para-hydroxylation sites is 1. The van der Waals surface area contributed by atoms with Crippen LogP contribution in [-0.2, 0) is 4.74 Å². The molecule has 1 N–H and O–H groups in total. The summed E-state index contributed by atoms with van der Waals surface area (Å²) in [5.74, 6) is 1.48. The monoisotopic (exact) mass is 265 g/mol. The zero-order valence-electron chi connectivity index (χ0n) is 12.8. The molecule has 0 radical (unpaired) electrons. The van der Waals surface area contributed by atoms with Crippen LogP contribution in [0.5, 0.6) is 5.75 Å². The Morgan fingerprint density at radius 3 is 2.37 bits per heavy atom. The van der Waals surface area contributed by atoms with Gasteiger partial charge in [0.25, 0.3) is 0 Å². The minimum Gasteiger partial charge on any atom is -0.496 e. The molecular formula is C16H27NO2. The van der Waals surface area contributed by atoms with Crippen LogP contribution < -0.4 is 10.1 Å². The third-order valence-corrected chi connectivity index (χ3v) is 3.49. The van der Waals surface area contributed by atoms with Crippen molar-refractivity contribution in [3.63, 3.8) is 0 Å². The van der Waals surface area contributed by atoms with Crippen LogP contribution >= 0.6 is 0 Å². The maximum Gasteiger partial charge on any atom is 0.123 e. The Hall–Kier alpha value is -1.06. The molecular weight excluding hydrogens is 238 g/mol. The van der Waals surface area contributed by atoms with Crippen molar-refractivity contribution in [2.24, 2.45) is 5.92 Å². The van der Waals surface area contributed by atoms with Gasteiger partial charge in [-0.3, -0.25) is 0 Å². The molecule has 0 aromatic heterocycles. The largest absolute Gasteiger partial charge is 0.496 e. The SMILES string of the molecule is CCC(NC(COC)C(C)C)c1ccccc1OC. The smallest absolute Gasteiger partial charge is 0.123 e. The highest BCUT2D eigenvalue weighted by Crippen LogP contribution is 2.27. The van der Waals surface area contributed by atoms with E-state index < -0.39 is 0 Å². The lowest BCUT2D eigenvalue weighted by atomic mass is 9.98. The Morgan fingerprint density at radius 2 is 1.84 bits per heavy atom. The van der Waals surface area contributed by atoms with E-state index >= 15 is 0 Å². The van der Waals surface area contributed by atoms with Gasteiger partial charge >= 0.3 is 0 Å². The molecule has 0 saturated heterocycles. The number of hydrogen-bond donors (Lipinski definition) is 1. The second kappa shape index (κ2) is 8.18. The quantitative estimate of drug-likeness (QED) is 0.781. The summed E-state index contributed by atoms with van der Waals surface area (Å²) in [4.78, 5) is 0. The van der Waals surface area contributed by atoms with E-state index in [9.17, 15) is 0 Å². The molecule has 0 bridgehead atoms. The topological polar surface area (TPSA) is 30.5 Å². The Bertz CT molecular complexity index is 366. The van der Waals surface area contributed by atoms with E-state index in [1.807, 2.05) is 12.1 Å². The van der Waals surface area contributed by atoms with E-state index in [0.717, 1.165) is 18.8 Å². The summed E-state index contributed by atoms with van der Waals surface area (Å²) in [5.41, 5.74) is 1.22. The molecule has 1 aromatic carbocycles. The standard InChI is InChI=1S/C16H27NO2/c1-6-14(17-15(11-18-4)12(2)3)13-9-7-8-10-16(13)19-5/h7-10,12,14-15,17H,6,11H2,1-5H3. The van der Waals surface area contributed by atoms with Gasteiger partial charge in [0.05, 0.1) is 13.7 Å². The van der Waals surface area contributed by atoms with Gasteiger partial charge in [-0.2, -0.15) is 0 Å². The fourth-order valence-electron chi connectivity index (χ4n) is 2.25. The van der Waals surface area contributed by atoms with Crippen molar-refractivity contribution in [3.8, 4) is 5.75 Å². The summed E-state index contributed by atoms with van der Waals surface area (Å²) in [6.07, 6.45) is 1.02. The van der Waals surface area contributed by atoms with Crippen molar-refractivity contribution < 1.29 is 9.47 Å². The first-order valence-corrected chi connectivity index (χ1v) is 7.01. The normalized spacial score (nSPS) is 14.4. The predicted octanol–water partition coefficient (Wildman–Crippen LogP) is 3.41. The van der Waals surface area contributed by atoms with Crippen LogP contribution in [0.3, 0.4) is 0 Å². The molecule has 0 amide bonds. The van der Waals surface area contributed by atoms with Crippen LogP contribution in [0.15, 0.2) is 24.3 Å². The zero-order valence-corrected chi connectivity index (χ0v) is 12.8. The maximum atomic E-state index is 5.46. The fourth-order valence-corrected chi connectivity index (χ4v) is 2.25. The van der Waals surface area contributed by atoms with Gasteiger partial charge in [0.15, 0.2) is 0 Å². The molecule has 2 unspecified atom stereocenters. The lowest BCUT2D eigenvalue weighted by Gasteiger charge is -2.28. The molecule has 0 fully saturated rings. The van der Waals surface area contributed by atoms with Crippen molar-refractivity contribution in [1.29, 1.82) is 0 Å². The second-order valence-electron chi connectivity index (χ2n) is 5.18. The summed E-state index contributed by atoms with van der Waals surface area (Å²) in [5, 5.41) is 3.69. The molecule has 3 nitrogen and oxygen atoms in total. The fraction of sp³-hybridized carbons (Fsp3) is 0.625. The first-order chi connectivity index (χ1) is 9.13. The first kappa shape index (κ1) is 16.0. The van der Waals surface area contributed by atoms with Gasteiger partial charge in [-0.15, -0.1) is 0 Å². The van der Waals surface area contributed by atoms with E-state index in [1.165, 1.54) is 5.56 Å². The minimum atomic E-state index is 0.290. The summed E-state index contributed by atoms with van der Waals surface area (Å²) < 4.78 is 10.8. The van der Waals surface area contributed by atoms with Gasteiger partial charge in [0.2, 0.25) is 0 Å².